The quantitative estimate of drug-likeness (QED) is 0.250. The van der Waals surface area contributed by atoms with Crippen molar-refractivity contribution in [2.24, 2.45) is 10.8 Å². The van der Waals surface area contributed by atoms with Crippen LogP contribution in [-0.2, 0) is 0 Å². The number of benzene rings is 1. The lowest BCUT2D eigenvalue weighted by atomic mass is 10.3. The molecule has 0 aliphatic carbocycles. The Balaban J connectivity index is 3.10. The number of para-hydroxylation sites is 1. The van der Waals surface area contributed by atoms with Gasteiger partial charge in [-0.15, -0.1) is 0 Å². The summed E-state index contributed by atoms with van der Waals surface area (Å²) in [4.78, 5) is 3.03. The highest BCUT2D eigenvalue weighted by atomic mass is 19.4. The molecular formula is C8H7F4N3. The normalized spacial score (nSPS) is 12.7. The molecule has 0 saturated carbocycles. The smallest absolute Gasteiger partial charge is 0.304 e. The Morgan fingerprint density at radius 3 is 2.33 bits per heavy atom. The maximum Gasteiger partial charge on any atom is 0.450 e. The number of aliphatic imine (C=N–C) groups is 1. The summed E-state index contributed by atoms with van der Waals surface area (Å²) in [6.07, 6.45) is -4.74. The molecule has 82 valence electrons. The molecule has 1 aromatic carbocycles. The van der Waals surface area contributed by atoms with Gasteiger partial charge >= 0.3 is 6.18 Å². The third kappa shape index (κ3) is 2.91. The Labute approximate surface area is 82.6 Å². The molecule has 3 nitrogen and oxygen atoms in total. The van der Waals surface area contributed by atoms with Gasteiger partial charge in [0.2, 0.25) is 5.84 Å². The zero-order chi connectivity index (χ0) is 11.5. The Hall–Kier alpha value is -1.63. The number of nitrogens with zero attached hydrogens (tertiary/aromatic N) is 1. The number of alkyl halides is 3. The standard InChI is InChI=1S/C8H7F4N3/c9-5-3-1-2-4-6(5)14-7(15-13)8(10,11)12/h1-4H,13H2,(H,14,15). The highest BCUT2D eigenvalue weighted by Gasteiger charge is 2.35. The molecule has 0 aromatic heterocycles. The molecule has 0 fully saturated rings. The Bertz CT molecular complexity index is 372. The second kappa shape index (κ2) is 4.26. The highest BCUT2D eigenvalue weighted by molar-refractivity contribution is 5.89. The van der Waals surface area contributed by atoms with Crippen molar-refractivity contribution in [1.82, 2.24) is 5.43 Å². The summed E-state index contributed by atoms with van der Waals surface area (Å²) >= 11 is 0. The van der Waals surface area contributed by atoms with E-state index in [4.69, 9.17) is 0 Å². The topological polar surface area (TPSA) is 50.4 Å². The molecule has 0 amide bonds. The maximum absolute atomic E-state index is 12.9. The van der Waals surface area contributed by atoms with E-state index < -0.39 is 23.5 Å². The van der Waals surface area contributed by atoms with Crippen LogP contribution < -0.4 is 11.3 Å². The van der Waals surface area contributed by atoms with Crippen molar-refractivity contribution >= 4 is 11.5 Å². The fourth-order valence-electron chi connectivity index (χ4n) is 0.840. The number of hydrogen-bond donors (Lipinski definition) is 2. The SMILES string of the molecule is NNC(=Nc1ccccc1F)C(F)(F)F. The van der Waals surface area contributed by atoms with Crippen LogP contribution in [0, 0.1) is 5.82 Å². The van der Waals surface area contributed by atoms with Crippen LogP contribution in [0.3, 0.4) is 0 Å². The van der Waals surface area contributed by atoms with Crippen LogP contribution in [0.2, 0.25) is 0 Å². The van der Waals surface area contributed by atoms with E-state index in [1.807, 2.05) is 0 Å². The fraction of sp³-hybridized carbons (Fsp3) is 0.125. The van der Waals surface area contributed by atoms with Gasteiger partial charge in [0.25, 0.3) is 0 Å². The first-order valence-corrected chi connectivity index (χ1v) is 3.82. The number of rotatable bonds is 1. The fourth-order valence-corrected chi connectivity index (χ4v) is 0.840. The monoisotopic (exact) mass is 221 g/mol. The van der Waals surface area contributed by atoms with Crippen LogP contribution in [0.4, 0.5) is 23.2 Å². The van der Waals surface area contributed by atoms with Crippen molar-refractivity contribution in [1.29, 1.82) is 0 Å². The molecule has 0 atom stereocenters. The van der Waals surface area contributed by atoms with Gasteiger partial charge in [-0.1, -0.05) is 12.1 Å². The summed E-state index contributed by atoms with van der Waals surface area (Å²) in [6.45, 7) is 0. The molecule has 0 aliphatic heterocycles. The van der Waals surface area contributed by atoms with Gasteiger partial charge in [-0.25, -0.2) is 15.2 Å². The molecule has 0 spiro atoms. The van der Waals surface area contributed by atoms with E-state index in [1.165, 1.54) is 17.6 Å². The van der Waals surface area contributed by atoms with E-state index in [1.54, 1.807) is 0 Å². The largest absolute Gasteiger partial charge is 0.450 e. The van der Waals surface area contributed by atoms with Gasteiger partial charge in [0.1, 0.15) is 11.5 Å². The second-order valence-corrected chi connectivity index (χ2v) is 2.55. The van der Waals surface area contributed by atoms with Crippen LogP contribution in [0.1, 0.15) is 0 Å². The van der Waals surface area contributed by atoms with Crippen molar-refractivity contribution < 1.29 is 17.6 Å². The van der Waals surface area contributed by atoms with Crippen LogP contribution in [-0.4, -0.2) is 12.0 Å². The molecule has 0 unspecified atom stereocenters. The molecular weight excluding hydrogens is 214 g/mol. The molecule has 0 bridgehead atoms. The van der Waals surface area contributed by atoms with E-state index >= 15 is 0 Å². The average molecular weight is 221 g/mol. The van der Waals surface area contributed by atoms with E-state index in [2.05, 4.69) is 10.8 Å². The van der Waals surface area contributed by atoms with E-state index in [9.17, 15) is 17.6 Å². The Kier molecular flexibility index (Phi) is 3.25. The first-order chi connectivity index (χ1) is 6.95. The number of hydrazine groups is 1. The number of nitrogens with two attached hydrogens (primary N) is 1. The predicted molar refractivity (Wildman–Crippen MR) is 46.9 cm³/mol. The first-order valence-electron chi connectivity index (χ1n) is 3.82. The predicted octanol–water partition coefficient (Wildman–Crippen LogP) is 1.88. The molecule has 1 rings (SSSR count). The van der Waals surface area contributed by atoms with Gasteiger partial charge in [-0.2, -0.15) is 13.2 Å². The molecule has 3 N–H and O–H groups in total. The average Bonchev–Trinajstić information content (AvgIpc) is 2.14. The van der Waals surface area contributed by atoms with Gasteiger partial charge < -0.3 is 5.43 Å². The molecule has 15 heavy (non-hydrogen) atoms. The lowest BCUT2D eigenvalue weighted by Gasteiger charge is -2.09. The number of hydrogen-bond acceptors (Lipinski definition) is 2. The zero-order valence-corrected chi connectivity index (χ0v) is 7.35. The van der Waals surface area contributed by atoms with Gasteiger partial charge in [-0.3, -0.25) is 0 Å². The minimum Gasteiger partial charge on any atom is -0.304 e. The molecule has 0 heterocycles. The molecule has 0 aliphatic rings. The van der Waals surface area contributed by atoms with Crippen LogP contribution in [0.25, 0.3) is 0 Å². The summed E-state index contributed by atoms with van der Waals surface area (Å²) < 4.78 is 49.4. The second-order valence-electron chi connectivity index (χ2n) is 2.55. The van der Waals surface area contributed by atoms with Gasteiger partial charge in [0, 0.05) is 0 Å². The van der Waals surface area contributed by atoms with Crippen molar-refractivity contribution in [3.63, 3.8) is 0 Å². The van der Waals surface area contributed by atoms with Crippen LogP contribution in [0.15, 0.2) is 29.3 Å². The van der Waals surface area contributed by atoms with Crippen molar-refractivity contribution in [3.05, 3.63) is 30.1 Å². The van der Waals surface area contributed by atoms with Gasteiger partial charge in [0.05, 0.1) is 0 Å². The van der Waals surface area contributed by atoms with Crippen LogP contribution >= 0.6 is 0 Å². The van der Waals surface area contributed by atoms with Crippen molar-refractivity contribution in [3.8, 4) is 0 Å². The van der Waals surface area contributed by atoms with Gasteiger partial charge in [-0.05, 0) is 12.1 Å². The molecule has 0 radical (unpaired) electrons. The number of halogens is 4. The van der Waals surface area contributed by atoms with Crippen molar-refractivity contribution in [2.45, 2.75) is 6.18 Å². The minimum atomic E-state index is -4.74. The summed E-state index contributed by atoms with van der Waals surface area (Å²) in [5.74, 6) is 2.33. The van der Waals surface area contributed by atoms with E-state index in [0.717, 1.165) is 12.1 Å². The maximum atomic E-state index is 12.9. The summed E-state index contributed by atoms with van der Waals surface area (Å²) in [5.41, 5.74) is 0.948. The molecule has 7 heteroatoms. The lowest BCUT2D eigenvalue weighted by molar-refractivity contribution is -0.0617. The molecule has 1 aromatic rings. The third-order valence-corrected chi connectivity index (χ3v) is 1.49. The van der Waals surface area contributed by atoms with Crippen molar-refractivity contribution in [2.75, 3.05) is 0 Å². The van der Waals surface area contributed by atoms with Gasteiger partial charge in [0.15, 0.2) is 0 Å². The van der Waals surface area contributed by atoms with E-state index in [-0.39, 0.29) is 0 Å². The van der Waals surface area contributed by atoms with Crippen LogP contribution in [0.5, 0.6) is 0 Å². The third-order valence-electron chi connectivity index (χ3n) is 1.49. The Morgan fingerprint density at radius 2 is 1.87 bits per heavy atom. The lowest BCUT2D eigenvalue weighted by Crippen LogP contribution is -2.41. The molecule has 0 saturated heterocycles. The number of amidine groups is 1. The summed E-state index contributed by atoms with van der Waals surface area (Å²) in [7, 11) is 0. The van der Waals surface area contributed by atoms with E-state index in [0.29, 0.717) is 0 Å². The number of nitrogens with one attached hydrogen (secondary N) is 1. The Morgan fingerprint density at radius 1 is 1.27 bits per heavy atom. The summed E-state index contributed by atoms with van der Waals surface area (Å²) in [5, 5.41) is 0. The zero-order valence-electron chi connectivity index (χ0n) is 7.35. The summed E-state index contributed by atoms with van der Waals surface area (Å²) in [6, 6.07) is 4.83. The minimum absolute atomic E-state index is 0.428. The highest BCUT2D eigenvalue weighted by Crippen LogP contribution is 2.21. The first kappa shape index (κ1) is 11.4.